The van der Waals surface area contributed by atoms with E-state index in [4.69, 9.17) is 0 Å². The number of benzene rings is 1. The Bertz CT molecular complexity index is 1220. The van der Waals surface area contributed by atoms with E-state index in [2.05, 4.69) is 28.8 Å². The zero-order valence-corrected chi connectivity index (χ0v) is 20.4. The first-order valence-corrected chi connectivity index (χ1v) is 12.0. The third-order valence-corrected chi connectivity index (χ3v) is 6.60. The molecule has 1 saturated heterocycles. The Balaban J connectivity index is 1.74. The summed E-state index contributed by atoms with van der Waals surface area (Å²) in [7, 11) is 0. The van der Waals surface area contributed by atoms with Crippen molar-refractivity contribution in [2.24, 2.45) is 0 Å². The van der Waals surface area contributed by atoms with Crippen LogP contribution < -0.4 is 0 Å². The standard InChI is InChI=1S/C27H31N5O3/c1-4-30(5-2)16-9-17-31-24(20-12-14-28-15-13-20)23(26(34)27(31)35)25(33)22-18-29-32(19(22)3)21-10-7-6-8-11-21/h6-8,10-15,18,24,33H,4-5,9,16-17H2,1-3H3/b25-23+. The lowest BCUT2D eigenvalue weighted by atomic mass is 9.96. The van der Waals surface area contributed by atoms with Crippen LogP contribution in [0.15, 0.2) is 66.6 Å². The molecule has 1 unspecified atom stereocenters. The van der Waals surface area contributed by atoms with Gasteiger partial charge in [-0.25, -0.2) is 4.68 Å². The molecule has 1 amide bonds. The summed E-state index contributed by atoms with van der Waals surface area (Å²) in [5.41, 5.74) is 2.76. The molecule has 0 spiro atoms. The van der Waals surface area contributed by atoms with Crippen LogP contribution in [0.1, 0.15) is 43.1 Å². The van der Waals surface area contributed by atoms with Gasteiger partial charge in [-0.2, -0.15) is 5.10 Å². The molecule has 182 valence electrons. The van der Waals surface area contributed by atoms with E-state index in [0.29, 0.717) is 17.8 Å². The van der Waals surface area contributed by atoms with Crippen LogP contribution in [0.4, 0.5) is 0 Å². The van der Waals surface area contributed by atoms with Gasteiger partial charge in [-0.15, -0.1) is 0 Å². The number of Topliss-reactive ketones (excluding diaryl/α,β-unsaturated/α-hetero) is 1. The van der Waals surface area contributed by atoms with E-state index >= 15 is 0 Å². The minimum absolute atomic E-state index is 0.0831. The molecule has 1 N–H and O–H groups in total. The molecule has 1 aliphatic rings. The topological polar surface area (TPSA) is 91.6 Å². The van der Waals surface area contributed by atoms with E-state index in [1.165, 1.54) is 6.20 Å². The number of nitrogens with zero attached hydrogens (tertiary/aromatic N) is 5. The molecule has 4 rings (SSSR count). The number of aliphatic hydroxyl groups is 1. The van der Waals surface area contributed by atoms with Crippen molar-refractivity contribution in [3.8, 4) is 5.69 Å². The minimum Gasteiger partial charge on any atom is -0.507 e. The van der Waals surface area contributed by atoms with Crippen molar-refractivity contribution in [3.63, 3.8) is 0 Å². The lowest BCUT2D eigenvalue weighted by molar-refractivity contribution is -0.140. The highest BCUT2D eigenvalue weighted by Gasteiger charge is 2.46. The van der Waals surface area contributed by atoms with Gasteiger partial charge in [0.2, 0.25) is 0 Å². The van der Waals surface area contributed by atoms with Crippen molar-refractivity contribution in [3.05, 3.63) is 83.4 Å². The van der Waals surface area contributed by atoms with Crippen molar-refractivity contribution in [1.82, 2.24) is 24.6 Å². The predicted octanol–water partition coefficient (Wildman–Crippen LogP) is 3.73. The van der Waals surface area contributed by atoms with Gasteiger partial charge in [0, 0.05) is 18.9 Å². The molecular formula is C27H31N5O3. The lowest BCUT2D eigenvalue weighted by Crippen LogP contribution is -2.33. The van der Waals surface area contributed by atoms with Gasteiger partial charge in [0.05, 0.1) is 34.8 Å². The van der Waals surface area contributed by atoms with Gasteiger partial charge >= 0.3 is 0 Å². The fraction of sp³-hybridized carbons (Fsp3) is 0.333. The number of carbonyl (C=O) groups excluding carboxylic acids is 2. The average Bonchev–Trinajstić information content (AvgIpc) is 3.40. The molecule has 0 bridgehead atoms. The fourth-order valence-corrected chi connectivity index (χ4v) is 4.62. The fourth-order valence-electron chi connectivity index (χ4n) is 4.62. The highest BCUT2D eigenvalue weighted by atomic mass is 16.3. The Kier molecular flexibility index (Phi) is 7.41. The number of para-hydroxylation sites is 1. The zero-order valence-electron chi connectivity index (χ0n) is 20.4. The molecule has 3 heterocycles. The first kappa shape index (κ1) is 24.3. The molecule has 0 radical (unpaired) electrons. The van der Waals surface area contributed by atoms with E-state index in [-0.39, 0.29) is 11.3 Å². The molecule has 2 aromatic heterocycles. The third kappa shape index (κ3) is 4.74. The predicted molar refractivity (Wildman–Crippen MR) is 134 cm³/mol. The molecule has 1 aromatic carbocycles. The smallest absolute Gasteiger partial charge is 0.295 e. The highest BCUT2D eigenvalue weighted by molar-refractivity contribution is 6.46. The van der Waals surface area contributed by atoms with Crippen LogP contribution in [0.3, 0.4) is 0 Å². The summed E-state index contributed by atoms with van der Waals surface area (Å²) >= 11 is 0. The second-order valence-corrected chi connectivity index (χ2v) is 8.54. The van der Waals surface area contributed by atoms with Crippen molar-refractivity contribution >= 4 is 17.4 Å². The van der Waals surface area contributed by atoms with Gasteiger partial charge < -0.3 is 14.9 Å². The highest BCUT2D eigenvalue weighted by Crippen LogP contribution is 2.39. The van der Waals surface area contributed by atoms with E-state index in [1.54, 1.807) is 34.1 Å². The number of rotatable bonds is 9. The quantitative estimate of drug-likeness (QED) is 0.289. The molecular weight excluding hydrogens is 442 g/mol. The van der Waals surface area contributed by atoms with Crippen LogP contribution >= 0.6 is 0 Å². The number of carbonyl (C=O) groups is 2. The van der Waals surface area contributed by atoms with E-state index in [9.17, 15) is 14.7 Å². The SMILES string of the molecule is CCN(CC)CCCN1C(=O)C(=O)/C(=C(/O)c2cnn(-c3ccccc3)c2C)C1c1ccncc1. The number of likely N-dealkylation sites (tertiary alicyclic amines) is 1. The summed E-state index contributed by atoms with van der Waals surface area (Å²) in [4.78, 5) is 34.3. The molecule has 1 fully saturated rings. The summed E-state index contributed by atoms with van der Waals surface area (Å²) in [5, 5.41) is 15.8. The maximum absolute atomic E-state index is 13.2. The van der Waals surface area contributed by atoms with Crippen molar-refractivity contribution < 1.29 is 14.7 Å². The Morgan fingerprint density at radius 3 is 2.40 bits per heavy atom. The van der Waals surface area contributed by atoms with Crippen LogP contribution in [-0.4, -0.2) is 67.5 Å². The normalized spacial score (nSPS) is 17.5. The van der Waals surface area contributed by atoms with Gasteiger partial charge in [-0.05, 0) is 62.8 Å². The first-order valence-electron chi connectivity index (χ1n) is 12.0. The monoisotopic (exact) mass is 473 g/mol. The molecule has 8 heteroatoms. The molecule has 0 saturated carbocycles. The van der Waals surface area contributed by atoms with Crippen LogP contribution in [0.5, 0.6) is 0 Å². The van der Waals surface area contributed by atoms with Crippen LogP contribution in [-0.2, 0) is 9.59 Å². The Morgan fingerprint density at radius 1 is 1.06 bits per heavy atom. The largest absolute Gasteiger partial charge is 0.507 e. The first-order chi connectivity index (χ1) is 17.0. The average molecular weight is 474 g/mol. The van der Waals surface area contributed by atoms with Gasteiger partial charge in [0.15, 0.2) is 0 Å². The summed E-state index contributed by atoms with van der Waals surface area (Å²) in [6.07, 6.45) is 5.52. The lowest BCUT2D eigenvalue weighted by Gasteiger charge is -2.26. The Hall–Kier alpha value is -3.78. The van der Waals surface area contributed by atoms with Crippen molar-refractivity contribution in [2.45, 2.75) is 33.2 Å². The number of hydrogen-bond donors (Lipinski definition) is 1. The summed E-state index contributed by atoms with van der Waals surface area (Å²) in [5.74, 6) is -1.49. The molecule has 0 aliphatic carbocycles. The second kappa shape index (κ2) is 10.7. The summed E-state index contributed by atoms with van der Waals surface area (Å²) in [6, 6.07) is 12.4. The summed E-state index contributed by atoms with van der Waals surface area (Å²) < 4.78 is 1.71. The van der Waals surface area contributed by atoms with E-state index < -0.39 is 17.7 Å². The Labute approximate surface area is 205 Å². The van der Waals surface area contributed by atoms with E-state index in [1.807, 2.05) is 37.3 Å². The Morgan fingerprint density at radius 2 is 1.74 bits per heavy atom. The molecule has 3 aromatic rings. The minimum atomic E-state index is -0.686. The third-order valence-electron chi connectivity index (χ3n) is 6.60. The molecule has 8 nitrogen and oxygen atoms in total. The van der Waals surface area contributed by atoms with Gasteiger partial charge in [-0.1, -0.05) is 32.0 Å². The van der Waals surface area contributed by atoms with Crippen molar-refractivity contribution in [2.75, 3.05) is 26.2 Å². The molecule has 35 heavy (non-hydrogen) atoms. The number of hydrogen-bond acceptors (Lipinski definition) is 6. The number of aromatic nitrogens is 3. The summed E-state index contributed by atoms with van der Waals surface area (Å²) in [6.45, 7) is 9.11. The van der Waals surface area contributed by atoms with Crippen molar-refractivity contribution in [1.29, 1.82) is 0 Å². The van der Waals surface area contributed by atoms with Gasteiger partial charge in [0.1, 0.15) is 5.76 Å². The number of ketones is 1. The number of pyridine rings is 1. The number of aliphatic hydroxyl groups excluding tert-OH is 1. The van der Waals surface area contributed by atoms with Gasteiger partial charge in [0.25, 0.3) is 11.7 Å². The maximum Gasteiger partial charge on any atom is 0.295 e. The molecule has 1 atom stereocenters. The van der Waals surface area contributed by atoms with E-state index in [0.717, 1.165) is 37.3 Å². The number of amides is 1. The maximum atomic E-state index is 13.2. The second-order valence-electron chi connectivity index (χ2n) is 8.54. The van der Waals surface area contributed by atoms with Gasteiger partial charge in [-0.3, -0.25) is 14.6 Å². The molecule has 1 aliphatic heterocycles. The van der Waals surface area contributed by atoms with Crippen LogP contribution in [0.25, 0.3) is 11.4 Å². The van der Waals surface area contributed by atoms with Crippen LogP contribution in [0, 0.1) is 6.92 Å². The van der Waals surface area contributed by atoms with Crippen LogP contribution in [0.2, 0.25) is 0 Å². The zero-order chi connectivity index (χ0) is 24.9.